The molecule has 0 bridgehead atoms. The van der Waals surface area contributed by atoms with E-state index in [0.29, 0.717) is 36.8 Å². The van der Waals surface area contributed by atoms with Crippen molar-refractivity contribution in [2.75, 3.05) is 33.2 Å². The Balaban J connectivity index is 0.00000306. The molecule has 2 saturated heterocycles. The standard InChI is InChI=1S/C25H29ClF2N2O2.ClH/c1-15-11-30(12-16(2)25(15,32)17-4-6-18(26)7-5-17)24(31)22-14-29(3)13-21(22)20-9-8-19(27)10-23(20)28;/h4-10,15-16,21-22,32H,11-14H2,1-3H3;1H/t15-,16+,21-,22+,25?;/m0./s1. The number of carbonyl (C=O) groups excluding carboxylic acids is 1. The van der Waals surface area contributed by atoms with E-state index in [9.17, 15) is 18.7 Å². The number of likely N-dealkylation sites (tertiary alicyclic amines) is 2. The average Bonchev–Trinajstić information content (AvgIpc) is 3.12. The quantitative estimate of drug-likeness (QED) is 0.667. The van der Waals surface area contributed by atoms with Crippen LogP contribution >= 0.6 is 24.0 Å². The van der Waals surface area contributed by atoms with Gasteiger partial charge in [-0.25, -0.2) is 8.78 Å². The number of carbonyl (C=O) groups is 1. The van der Waals surface area contributed by atoms with Crippen molar-refractivity contribution in [3.8, 4) is 0 Å². The van der Waals surface area contributed by atoms with Crippen molar-refractivity contribution in [3.63, 3.8) is 0 Å². The Morgan fingerprint density at radius 3 is 2.21 bits per heavy atom. The average molecular weight is 499 g/mol. The Labute approximate surface area is 204 Å². The number of amides is 1. The molecule has 2 aliphatic rings. The Hall–Kier alpha value is -1.73. The van der Waals surface area contributed by atoms with Crippen LogP contribution in [-0.4, -0.2) is 54.0 Å². The molecule has 1 unspecified atom stereocenters. The molecule has 1 N–H and O–H groups in total. The number of hydrogen-bond acceptors (Lipinski definition) is 3. The number of likely N-dealkylation sites (N-methyl/N-ethyl adjacent to an activating group) is 1. The molecule has 1 amide bonds. The minimum atomic E-state index is -1.07. The summed E-state index contributed by atoms with van der Waals surface area (Å²) in [6.45, 7) is 5.75. The molecular weight excluding hydrogens is 469 g/mol. The zero-order valence-corrected chi connectivity index (χ0v) is 20.5. The second-order valence-electron chi connectivity index (χ2n) is 9.48. The number of benzene rings is 2. The van der Waals surface area contributed by atoms with E-state index in [4.69, 9.17) is 11.6 Å². The molecular formula is C25H30Cl2F2N2O2. The second kappa shape index (κ2) is 9.87. The van der Waals surface area contributed by atoms with Crippen molar-refractivity contribution < 1.29 is 18.7 Å². The highest BCUT2D eigenvalue weighted by Gasteiger charge is 2.49. The van der Waals surface area contributed by atoms with Gasteiger partial charge in [-0.2, -0.15) is 0 Å². The summed E-state index contributed by atoms with van der Waals surface area (Å²) in [7, 11) is 1.91. The summed E-state index contributed by atoms with van der Waals surface area (Å²) in [6, 6.07) is 10.8. The van der Waals surface area contributed by atoms with Gasteiger partial charge < -0.3 is 14.9 Å². The van der Waals surface area contributed by atoms with Gasteiger partial charge >= 0.3 is 0 Å². The van der Waals surface area contributed by atoms with Crippen molar-refractivity contribution in [1.82, 2.24) is 9.80 Å². The highest BCUT2D eigenvalue weighted by atomic mass is 35.5. The molecule has 2 aromatic carbocycles. The Morgan fingerprint density at radius 2 is 1.64 bits per heavy atom. The third-order valence-corrected chi connectivity index (χ3v) is 7.54. The molecule has 0 spiro atoms. The molecule has 0 aromatic heterocycles. The number of piperidine rings is 1. The predicted molar refractivity (Wildman–Crippen MR) is 128 cm³/mol. The first-order valence-electron chi connectivity index (χ1n) is 11.0. The smallest absolute Gasteiger partial charge is 0.227 e. The maximum atomic E-state index is 14.5. The minimum absolute atomic E-state index is 0. The fourth-order valence-corrected chi connectivity index (χ4v) is 5.69. The first-order chi connectivity index (χ1) is 15.1. The zero-order chi connectivity index (χ0) is 23.2. The lowest BCUT2D eigenvalue weighted by Crippen LogP contribution is -2.57. The largest absolute Gasteiger partial charge is 0.384 e. The molecule has 180 valence electrons. The van der Waals surface area contributed by atoms with Gasteiger partial charge in [0.05, 0.1) is 11.5 Å². The van der Waals surface area contributed by atoms with Gasteiger partial charge in [0.25, 0.3) is 0 Å². The van der Waals surface area contributed by atoms with Crippen LogP contribution in [0.2, 0.25) is 5.02 Å². The van der Waals surface area contributed by atoms with Crippen LogP contribution in [0.3, 0.4) is 0 Å². The molecule has 2 fully saturated rings. The monoisotopic (exact) mass is 498 g/mol. The van der Waals surface area contributed by atoms with Gasteiger partial charge in [0.2, 0.25) is 5.91 Å². The third kappa shape index (κ3) is 4.76. The van der Waals surface area contributed by atoms with Crippen LogP contribution in [0, 0.1) is 29.4 Å². The van der Waals surface area contributed by atoms with E-state index in [-0.39, 0.29) is 36.1 Å². The van der Waals surface area contributed by atoms with Crippen LogP contribution in [0.4, 0.5) is 8.78 Å². The lowest BCUT2D eigenvalue weighted by atomic mass is 9.70. The highest BCUT2D eigenvalue weighted by Crippen LogP contribution is 2.43. The molecule has 33 heavy (non-hydrogen) atoms. The lowest BCUT2D eigenvalue weighted by molar-refractivity contribution is -0.152. The van der Waals surface area contributed by atoms with Gasteiger partial charge in [0.15, 0.2) is 0 Å². The predicted octanol–water partition coefficient (Wildman–Crippen LogP) is 4.69. The van der Waals surface area contributed by atoms with Crippen molar-refractivity contribution in [1.29, 1.82) is 0 Å². The molecule has 2 aromatic rings. The number of rotatable bonds is 3. The summed E-state index contributed by atoms with van der Waals surface area (Å²) in [6.07, 6.45) is 0. The molecule has 0 saturated carbocycles. The van der Waals surface area contributed by atoms with E-state index >= 15 is 0 Å². The number of nitrogens with zero attached hydrogens (tertiary/aromatic N) is 2. The van der Waals surface area contributed by atoms with Crippen LogP contribution in [-0.2, 0) is 10.4 Å². The Morgan fingerprint density at radius 1 is 1.03 bits per heavy atom. The third-order valence-electron chi connectivity index (χ3n) is 7.29. The maximum Gasteiger partial charge on any atom is 0.227 e. The summed E-state index contributed by atoms with van der Waals surface area (Å²) in [5.74, 6) is -2.42. The van der Waals surface area contributed by atoms with Crippen molar-refractivity contribution in [2.24, 2.45) is 17.8 Å². The van der Waals surface area contributed by atoms with Gasteiger partial charge in [-0.3, -0.25) is 4.79 Å². The maximum absolute atomic E-state index is 14.5. The summed E-state index contributed by atoms with van der Waals surface area (Å²) in [5, 5.41) is 12.2. The van der Waals surface area contributed by atoms with Crippen molar-refractivity contribution in [3.05, 3.63) is 70.2 Å². The summed E-state index contributed by atoms with van der Waals surface area (Å²) >= 11 is 6.02. The van der Waals surface area contributed by atoms with E-state index in [0.717, 1.165) is 11.6 Å². The topological polar surface area (TPSA) is 43.8 Å². The normalized spacial score (nSPS) is 30.2. The fourth-order valence-electron chi connectivity index (χ4n) is 5.57. The van der Waals surface area contributed by atoms with Crippen LogP contribution in [0.25, 0.3) is 0 Å². The Kier molecular flexibility index (Phi) is 7.74. The number of hydrogen-bond donors (Lipinski definition) is 1. The summed E-state index contributed by atoms with van der Waals surface area (Å²) < 4.78 is 27.9. The first-order valence-corrected chi connectivity index (χ1v) is 11.4. The molecule has 0 radical (unpaired) electrons. The van der Waals surface area contributed by atoms with E-state index in [1.54, 1.807) is 17.0 Å². The van der Waals surface area contributed by atoms with Crippen LogP contribution in [0.15, 0.2) is 42.5 Å². The number of halogens is 4. The van der Waals surface area contributed by atoms with E-state index in [1.165, 1.54) is 12.1 Å². The molecule has 2 heterocycles. The van der Waals surface area contributed by atoms with Crippen molar-refractivity contribution >= 4 is 29.9 Å². The van der Waals surface area contributed by atoms with Gasteiger partial charge in [0, 0.05) is 55.0 Å². The molecule has 4 rings (SSSR count). The zero-order valence-electron chi connectivity index (χ0n) is 19.0. The van der Waals surface area contributed by atoms with E-state index in [2.05, 4.69) is 0 Å². The first kappa shape index (κ1) is 25.9. The van der Waals surface area contributed by atoms with Crippen LogP contribution < -0.4 is 0 Å². The van der Waals surface area contributed by atoms with Crippen LogP contribution in [0.1, 0.15) is 30.9 Å². The minimum Gasteiger partial charge on any atom is -0.384 e. The molecule has 0 aliphatic carbocycles. The van der Waals surface area contributed by atoms with Gasteiger partial charge in [0.1, 0.15) is 11.6 Å². The van der Waals surface area contributed by atoms with Gasteiger partial charge in [-0.15, -0.1) is 12.4 Å². The Bertz CT molecular complexity index is 992. The summed E-state index contributed by atoms with van der Waals surface area (Å²) in [5.41, 5.74) is 0.0989. The molecule has 5 atom stereocenters. The van der Waals surface area contributed by atoms with Crippen molar-refractivity contribution in [2.45, 2.75) is 25.4 Å². The van der Waals surface area contributed by atoms with Gasteiger partial charge in [-0.1, -0.05) is 43.6 Å². The second-order valence-corrected chi connectivity index (χ2v) is 9.91. The molecule has 4 nitrogen and oxygen atoms in total. The SMILES string of the molecule is C[C@@H]1CN(C(=O)[C@@H]2CN(C)C[C@H]2c2ccc(F)cc2F)C[C@H](C)C1(O)c1ccc(Cl)cc1.Cl. The molecule has 8 heteroatoms. The molecule has 2 aliphatic heterocycles. The van der Waals surface area contributed by atoms with E-state index < -0.39 is 23.2 Å². The summed E-state index contributed by atoms with van der Waals surface area (Å²) in [4.78, 5) is 17.4. The lowest BCUT2D eigenvalue weighted by Gasteiger charge is -2.48. The van der Waals surface area contributed by atoms with Crippen LogP contribution in [0.5, 0.6) is 0 Å². The number of aliphatic hydroxyl groups is 1. The van der Waals surface area contributed by atoms with Gasteiger partial charge in [-0.05, 0) is 36.4 Å². The fraction of sp³-hybridized carbons (Fsp3) is 0.480. The van der Waals surface area contributed by atoms with E-state index in [1.807, 2.05) is 37.9 Å². The highest BCUT2D eigenvalue weighted by molar-refractivity contribution is 6.30.